The molecule has 0 bridgehead atoms. The molecule has 0 radical (unpaired) electrons. The van der Waals surface area contributed by atoms with Gasteiger partial charge in [-0.15, -0.1) is 5.10 Å². The third-order valence-electron chi connectivity index (χ3n) is 1.82. The van der Waals surface area contributed by atoms with Crippen LogP contribution in [0.1, 0.15) is 11.1 Å². The number of hydrogen-bond acceptors (Lipinski definition) is 3. The van der Waals surface area contributed by atoms with Crippen LogP contribution < -0.4 is 0 Å². The van der Waals surface area contributed by atoms with Gasteiger partial charge in [0.2, 0.25) is 0 Å². The molecule has 0 fully saturated rings. The van der Waals surface area contributed by atoms with E-state index in [2.05, 4.69) is 40.6 Å². The van der Waals surface area contributed by atoms with Crippen LogP contribution in [0.3, 0.4) is 0 Å². The zero-order valence-corrected chi connectivity index (χ0v) is 7.38. The molecule has 66 valence electrons. The van der Waals surface area contributed by atoms with Gasteiger partial charge in [-0.3, -0.25) is 0 Å². The Bertz CT molecular complexity index is 380. The minimum Gasteiger partial charge on any atom is -0.228 e. The van der Waals surface area contributed by atoms with E-state index >= 15 is 0 Å². The standard InChI is InChI=1S/C9H10N4/c1-8-3-2-4-9(5-8)6-13-7-10-11-12-13/h2-5,7H,6H2,1H3. The molecule has 0 aliphatic heterocycles. The van der Waals surface area contributed by atoms with E-state index in [9.17, 15) is 0 Å². The average molecular weight is 174 g/mol. The molecule has 0 amide bonds. The summed E-state index contributed by atoms with van der Waals surface area (Å²) in [6.07, 6.45) is 1.61. The number of aryl methyl sites for hydroxylation is 1. The van der Waals surface area contributed by atoms with Crippen molar-refractivity contribution in [2.75, 3.05) is 0 Å². The van der Waals surface area contributed by atoms with Gasteiger partial charge in [-0.1, -0.05) is 29.8 Å². The molecule has 1 heterocycles. The van der Waals surface area contributed by atoms with Gasteiger partial charge in [0.15, 0.2) is 0 Å². The maximum Gasteiger partial charge on any atom is 0.138 e. The van der Waals surface area contributed by atoms with Crippen LogP contribution in [0.25, 0.3) is 0 Å². The molecule has 13 heavy (non-hydrogen) atoms. The number of hydrogen-bond donors (Lipinski definition) is 0. The number of benzene rings is 1. The predicted molar refractivity (Wildman–Crippen MR) is 48.1 cm³/mol. The van der Waals surface area contributed by atoms with E-state index in [0.29, 0.717) is 0 Å². The van der Waals surface area contributed by atoms with E-state index in [1.165, 1.54) is 11.1 Å². The normalized spacial score (nSPS) is 10.2. The van der Waals surface area contributed by atoms with Crippen LogP contribution in [-0.4, -0.2) is 20.2 Å². The van der Waals surface area contributed by atoms with E-state index in [4.69, 9.17) is 0 Å². The van der Waals surface area contributed by atoms with E-state index in [1.54, 1.807) is 11.0 Å². The summed E-state index contributed by atoms with van der Waals surface area (Å²) >= 11 is 0. The van der Waals surface area contributed by atoms with Crippen LogP contribution in [0, 0.1) is 6.92 Å². The summed E-state index contributed by atoms with van der Waals surface area (Å²) in [4.78, 5) is 0. The van der Waals surface area contributed by atoms with Crippen molar-refractivity contribution in [3.63, 3.8) is 0 Å². The summed E-state index contributed by atoms with van der Waals surface area (Å²) in [5, 5.41) is 10.9. The van der Waals surface area contributed by atoms with E-state index in [-0.39, 0.29) is 0 Å². The van der Waals surface area contributed by atoms with Crippen LogP contribution in [0.2, 0.25) is 0 Å². The highest BCUT2D eigenvalue weighted by Gasteiger charge is 1.95. The molecular formula is C9H10N4. The van der Waals surface area contributed by atoms with Crippen molar-refractivity contribution < 1.29 is 0 Å². The Morgan fingerprint density at radius 2 is 2.31 bits per heavy atom. The molecule has 0 saturated carbocycles. The smallest absolute Gasteiger partial charge is 0.138 e. The number of tetrazole rings is 1. The third kappa shape index (κ3) is 1.90. The molecule has 0 N–H and O–H groups in total. The number of aromatic nitrogens is 4. The molecule has 0 aliphatic rings. The zero-order valence-electron chi connectivity index (χ0n) is 7.38. The van der Waals surface area contributed by atoms with Crippen LogP contribution in [0.4, 0.5) is 0 Å². The van der Waals surface area contributed by atoms with Gasteiger partial charge in [0.25, 0.3) is 0 Å². The lowest BCUT2D eigenvalue weighted by molar-refractivity contribution is 0.648. The minimum atomic E-state index is 0.731. The second kappa shape index (κ2) is 3.35. The molecule has 0 spiro atoms. The summed E-state index contributed by atoms with van der Waals surface area (Å²) in [7, 11) is 0. The third-order valence-corrected chi connectivity index (χ3v) is 1.82. The lowest BCUT2D eigenvalue weighted by atomic mass is 10.1. The second-order valence-corrected chi connectivity index (χ2v) is 3.00. The Kier molecular flexibility index (Phi) is 2.04. The van der Waals surface area contributed by atoms with Gasteiger partial charge in [-0.2, -0.15) is 0 Å². The lowest BCUT2D eigenvalue weighted by Gasteiger charge is -2.00. The summed E-state index contributed by atoms with van der Waals surface area (Å²) < 4.78 is 1.70. The molecular weight excluding hydrogens is 164 g/mol. The van der Waals surface area contributed by atoms with Crippen molar-refractivity contribution in [3.8, 4) is 0 Å². The van der Waals surface area contributed by atoms with Gasteiger partial charge >= 0.3 is 0 Å². The number of nitrogens with zero attached hydrogens (tertiary/aromatic N) is 4. The Labute approximate surface area is 76.2 Å². The maximum atomic E-state index is 3.80. The summed E-state index contributed by atoms with van der Waals surface area (Å²) in [6, 6.07) is 8.30. The molecule has 0 aliphatic carbocycles. The molecule has 0 unspecified atom stereocenters. The van der Waals surface area contributed by atoms with Gasteiger partial charge in [0.05, 0.1) is 6.54 Å². The van der Waals surface area contributed by atoms with Crippen LogP contribution >= 0.6 is 0 Å². The largest absolute Gasteiger partial charge is 0.228 e. The quantitative estimate of drug-likeness (QED) is 0.683. The molecule has 2 rings (SSSR count). The van der Waals surface area contributed by atoms with Crippen molar-refractivity contribution in [2.45, 2.75) is 13.5 Å². The maximum absolute atomic E-state index is 3.80. The first-order valence-corrected chi connectivity index (χ1v) is 4.11. The van der Waals surface area contributed by atoms with E-state index in [1.807, 2.05) is 6.07 Å². The van der Waals surface area contributed by atoms with Crippen molar-refractivity contribution in [1.29, 1.82) is 0 Å². The summed E-state index contributed by atoms with van der Waals surface area (Å²) in [6.45, 7) is 2.80. The topological polar surface area (TPSA) is 43.6 Å². The van der Waals surface area contributed by atoms with Crippen LogP contribution in [-0.2, 0) is 6.54 Å². The fourth-order valence-electron chi connectivity index (χ4n) is 1.25. The van der Waals surface area contributed by atoms with E-state index in [0.717, 1.165) is 6.54 Å². The molecule has 1 aromatic carbocycles. The second-order valence-electron chi connectivity index (χ2n) is 3.00. The van der Waals surface area contributed by atoms with Crippen molar-refractivity contribution in [1.82, 2.24) is 20.2 Å². The molecule has 1 aromatic heterocycles. The fourth-order valence-corrected chi connectivity index (χ4v) is 1.25. The first-order valence-electron chi connectivity index (χ1n) is 4.11. The Morgan fingerprint density at radius 3 is 3.00 bits per heavy atom. The Balaban J connectivity index is 2.19. The summed E-state index contributed by atoms with van der Waals surface area (Å²) in [5.74, 6) is 0. The van der Waals surface area contributed by atoms with Gasteiger partial charge in [0.1, 0.15) is 6.33 Å². The van der Waals surface area contributed by atoms with E-state index < -0.39 is 0 Å². The fraction of sp³-hybridized carbons (Fsp3) is 0.222. The number of rotatable bonds is 2. The van der Waals surface area contributed by atoms with Crippen LogP contribution in [0.15, 0.2) is 30.6 Å². The van der Waals surface area contributed by atoms with Gasteiger partial charge in [0, 0.05) is 0 Å². The minimum absolute atomic E-state index is 0.731. The van der Waals surface area contributed by atoms with Crippen molar-refractivity contribution >= 4 is 0 Å². The Hall–Kier alpha value is -1.71. The van der Waals surface area contributed by atoms with Crippen molar-refractivity contribution in [2.24, 2.45) is 0 Å². The van der Waals surface area contributed by atoms with Gasteiger partial charge in [-0.25, -0.2) is 4.68 Å². The molecule has 0 atom stereocenters. The van der Waals surface area contributed by atoms with Crippen LogP contribution in [0.5, 0.6) is 0 Å². The van der Waals surface area contributed by atoms with Gasteiger partial charge < -0.3 is 0 Å². The molecule has 4 nitrogen and oxygen atoms in total. The SMILES string of the molecule is Cc1cccc(Cn2cnnn2)c1. The van der Waals surface area contributed by atoms with Crippen molar-refractivity contribution in [3.05, 3.63) is 41.7 Å². The summed E-state index contributed by atoms with van der Waals surface area (Å²) in [5.41, 5.74) is 2.47. The van der Waals surface area contributed by atoms with Gasteiger partial charge in [-0.05, 0) is 22.9 Å². The predicted octanol–water partition coefficient (Wildman–Crippen LogP) is 1.03. The average Bonchev–Trinajstić information content (AvgIpc) is 2.57. The Morgan fingerprint density at radius 1 is 1.38 bits per heavy atom. The highest BCUT2D eigenvalue weighted by molar-refractivity contribution is 5.22. The molecule has 0 saturated heterocycles. The first-order chi connectivity index (χ1) is 6.34. The lowest BCUT2D eigenvalue weighted by Crippen LogP contribution is -2.00. The zero-order chi connectivity index (χ0) is 9.10. The first kappa shape index (κ1) is 7.91. The monoisotopic (exact) mass is 174 g/mol. The molecule has 4 heteroatoms. The highest BCUT2D eigenvalue weighted by Crippen LogP contribution is 2.04. The molecule has 2 aromatic rings. The highest BCUT2D eigenvalue weighted by atomic mass is 15.5.